The minimum Gasteiger partial charge on any atom is -0.433 e. The van der Waals surface area contributed by atoms with Crippen LogP contribution in [0, 0.1) is 10.1 Å². The van der Waals surface area contributed by atoms with E-state index in [4.69, 9.17) is 0 Å². The molecule has 1 aromatic carbocycles. The standard InChI is InChI=1S/C15H13F2N3O4/c1-9(21)10-2-5-13(14(6-10)20(22)23)19-7-11-3-4-12(8-18-11)24-15(16)17/h2-6,8,15,19H,7H2,1H3. The van der Waals surface area contributed by atoms with Crippen molar-refractivity contribution in [1.82, 2.24) is 4.98 Å². The first-order valence-electron chi connectivity index (χ1n) is 6.80. The first-order chi connectivity index (χ1) is 11.4. The molecule has 0 aliphatic heterocycles. The molecule has 0 atom stereocenters. The quantitative estimate of drug-likeness (QED) is 0.473. The van der Waals surface area contributed by atoms with E-state index in [0.29, 0.717) is 5.69 Å². The Morgan fingerprint density at radius 1 is 1.38 bits per heavy atom. The maximum absolute atomic E-state index is 12.0. The van der Waals surface area contributed by atoms with E-state index in [9.17, 15) is 23.7 Å². The molecule has 0 bridgehead atoms. The van der Waals surface area contributed by atoms with Crippen LogP contribution in [0.25, 0.3) is 0 Å². The highest BCUT2D eigenvalue weighted by Crippen LogP contribution is 2.26. The number of Topliss-reactive ketones (excluding diaryl/α,β-unsaturated/α-hetero) is 1. The summed E-state index contributed by atoms with van der Waals surface area (Å²) in [6.07, 6.45) is 1.14. The number of ether oxygens (including phenoxy) is 1. The van der Waals surface area contributed by atoms with Gasteiger partial charge in [0.25, 0.3) is 5.69 Å². The van der Waals surface area contributed by atoms with Gasteiger partial charge in [0.2, 0.25) is 0 Å². The lowest BCUT2D eigenvalue weighted by molar-refractivity contribution is -0.384. The second-order valence-electron chi connectivity index (χ2n) is 4.76. The van der Waals surface area contributed by atoms with E-state index in [0.717, 1.165) is 6.20 Å². The van der Waals surface area contributed by atoms with E-state index in [-0.39, 0.29) is 35.0 Å². The van der Waals surface area contributed by atoms with E-state index in [1.165, 1.54) is 37.3 Å². The Hall–Kier alpha value is -3.10. The SMILES string of the molecule is CC(=O)c1ccc(NCc2ccc(OC(F)F)cn2)c([N+](=O)[O-])c1. The number of aromatic nitrogens is 1. The highest BCUT2D eigenvalue weighted by atomic mass is 19.3. The van der Waals surface area contributed by atoms with Crippen LogP contribution in [-0.4, -0.2) is 22.3 Å². The molecule has 24 heavy (non-hydrogen) atoms. The van der Waals surface area contributed by atoms with Crippen LogP contribution in [0.3, 0.4) is 0 Å². The van der Waals surface area contributed by atoms with E-state index in [1.807, 2.05) is 0 Å². The molecule has 2 aromatic rings. The van der Waals surface area contributed by atoms with Gasteiger partial charge in [-0.05, 0) is 31.2 Å². The summed E-state index contributed by atoms with van der Waals surface area (Å²) in [5, 5.41) is 13.9. The van der Waals surface area contributed by atoms with Crippen molar-refractivity contribution in [2.24, 2.45) is 0 Å². The number of alkyl halides is 2. The summed E-state index contributed by atoms with van der Waals surface area (Å²) in [4.78, 5) is 25.7. The number of rotatable bonds is 7. The van der Waals surface area contributed by atoms with Crippen molar-refractivity contribution in [2.45, 2.75) is 20.1 Å². The predicted molar refractivity (Wildman–Crippen MR) is 81.3 cm³/mol. The van der Waals surface area contributed by atoms with Gasteiger partial charge in [0.15, 0.2) is 5.78 Å². The Balaban J connectivity index is 2.11. The predicted octanol–water partition coefficient (Wildman–Crippen LogP) is 3.41. The number of anilines is 1. The molecule has 0 fully saturated rings. The monoisotopic (exact) mass is 337 g/mol. The number of halogens is 2. The van der Waals surface area contributed by atoms with Crippen LogP contribution >= 0.6 is 0 Å². The van der Waals surface area contributed by atoms with E-state index in [1.54, 1.807) is 0 Å². The normalized spacial score (nSPS) is 10.5. The Labute approximate surface area is 135 Å². The number of pyridine rings is 1. The average molecular weight is 337 g/mol. The number of nitrogens with one attached hydrogen (secondary N) is 1. The Kier molecular flexibility index (Phi) is 5.35. The molecule has 1 heterocycles. The lowest BCUT2D eigenvalue weighted by Crippen LogP contribution is -2.06. The molecule has 9 heteroatoms. The number of nitro groups is 1. The fraction of sp³-hybridized carbons (Fsp3) is 0.200. The Morgan fingerprint density at radius 2 is 2.12 bits per heavy atom. The smallest absolute Gasteiger partial charge is 0.387 e. The number of carbonyl (C=O) groups excluding carboxylic acids is 1. The van der Waals surface area contributed by atoms with Crippen molar-refractivity contribution in [3.8, 4) is 5.75 Å². The molecule has 0 radical (unpaired) electrons. The molecule has 0 spiro atoms. The first kappa shape index (κ1) is 17.3. The van der Waals surface area contributed by atoms with Gasteiger partial charge in [-0.3, -0.25) is 19.9 Å². The van der Waals surface area contributed by atoms with Gasteiger partial charge in [-0.1, -0.05) is 0 Å². The largest absolute Gasteiger partial charge is 0.433 e. The van der Waals surface area contributed by atoms with Gasteiger partial charge in [0.05, 0.1) is 23.4 Å². The van der Waals surface area contributed by atoms with Crippen LogP contribution in [0.1, 0.15) is 23.0 Å². The minimum absolute atomic E-state index is 0.0782. The van der Waals surface area contributed by atoms with Crippen LogP contribution in [-0.2, 0) is 6.54 Å². The van der Waals surface area contributed by atoms with Gasteiger partial charge < -0.3 is 10.1 Å². The number of ketones is 1. The van der Waals surface area contributed by atoms with Crippen molar-refractivity contribution in [2.75, 3.05) is 5.32 Å². The average Bonchev–Trinajstić information content (AvgIpc) is 2.53. The molecular formula is C15H13F2N3O4. The van der Waals surface area contributed by atoms with Gasteiger partial charge in [-0.25, -0.2) is 0 Å². The molecule has 0 saturated heterocycles. The third-order valence-electron chi connectivity index (χ3n) is 3.08. The highest BCUT2D eigenvalue weighted by molar-refractivity contribution is 5.95. The molecular weight excluding hydrogens is 324 g/mol. The van der Waals surface area contributed by atoms with Crippen molar-refractivity contribution in [3.63, 3.8) is 0 Å². The van der Waals surface area contributed by atoms with Gasteiger partial charge in [0.1, 0.15) is 11.4 Å². The third-order valence-corrected chi connectivity index (χ3v) is 3.08. The van der Waals surface area contributed by atoms with E-state index >= 15 is 0 Å². The summed E-state index contributed by atoms with van der Waals surface area (Å²) in [5.41, 5.74) is 0.695. The van der Waals surface area contributed by atoms with Crippen molar-refractivity contribution < 1.29 is 23.2 Å². The fourth-order valence-electron chi connectivity index (χ4n) is 1.93. The zero-order valence-corrected chi connectivity index (χ0v) is 12.5. The molecule has 0 amide bonds. The first-order valence-corrected chi connectivity index (χ1v) is 6.80. The molecule has 0 saturated carbocycles. The third kappa shape index (κ3) is 4.45. The maximum atomic E-state index is 12.0. The number of hydrogen-bond donors (Lipinski definition) is 1. The van der Waals surface area contributed by atoms with E-state index in [2.05, 4.69) is 15.0 Å². The molecule has 1 aromatic heterocycles. The second-order valence-corrected chi connectivity index (χ2v) is 4.76. The van der Waals surface area contributed by atoms with Crippen LogP contribution < -0.4 is 10.1 Å². The molecule has 2 rings (SSSR count). The summed E-state index contributed by atoms with van der Waals surface area (Å²) in [6, 6.07) is 6.88. The number of hydrogen-bond acceptors (Lipinski definition) is 6. The molecule has 1 N–H and O–H groups in total. The highest BCUT2D eigenvalue weighted by Gasteiger charge is 2.16. The summed E-state index contributed by atoms with van der Waals surface area (Å²) in [6.45, 7) is -1.48. The van der Waals surface area contributed by atoms with Crippen molar-refractivity contribution >= 4 is 17.2 Å². The zero-order chi connectivity index (χ0) is 17.7. The van der Waals surface area contributed by atoms with Gasteiger partial charge >= 0.3 is 6.61 Å². The van der Waals surface area contributed by atoms with Crippen LogP contribution in [0.5, 0.6) is 5.75 Å². The number of nitrogens with zero attached hydrogens (tertiary/aromatic N) is 2. The lowest BCUT2D eigenvalue weighted by Gasteiger charge is -2.08. The van der Waals surface area contributed by atoms with Crippen molar-refractivity contribution in [3.05, 3.63) is 57.9 Å². The number of carbonyl (C=O) groups is 1. The zero-order valence-electron chi connectivity index (χ0n) is 12.5. The van der Waals surface area contributed by atoms with Crippen LogP contribution in [0.15, 0.2) is 36.5 Å². The van der Waals surface area contributed by atoms with Crippen LogP contribution in [0.4, 0.5) is 20.2 Å². The molecule has 0 aliphatic rings. The van der Waals surface area contributed by atoms with Crippen molar-refractivity contribution in [1.29, 1.82) is 0 Å². The second kappa shape index (κ2) is 7.44. The summed E-state index contributed by atoms with van der Waals surface area (Å²) >= 11 is 0. The van der Waals surface area contributed by atoms with Crippen LogP contribution in [0.2, 0.25) is 0 Å². The molecule has 126 valence electrons. The van der Waals surface area contributed by atoms with Gasteiger partial charge in [0, 0.05) is 11.6 Å². The maximum Gasteiger partial charge on any atom is 0.387 e. The van der Waals surface area contributed by atoms with Gasteiger partial charge in [-0.2, -0.15) is 8.78 Å². The molecule has 0 unspecified atom stereocenters. The summed E-state index contributed by atoms with van der Waals surface area (Å²) in [5.74, 6) is -0.355. The summed E-state index contributed by atoms with van der Waals surface area (Å²) in [7, 11) is 0. The number of nitro benzene ring substituents is 1. The summed E-state index contributed by atoms with van der Waals surface area (Å²) < 4.78 is 28.3. The van der Waals surface area contributed by atoms with E-state index < -0.39 is 11.5 Å². The minimum atomic E-state index is -2.93. The lowest BCUT2D eigenvalue weighted by atomic mass is 10.1. The number of benzene rings is 1. The fourth-order valence-corrected chi connectivity index (χ4v) is 1.93. The Bertz CT molecular complexity index is 751. The van der Waals surface area contributed by atoms with Gasteiger partial charge in [-0.15, -0.1) is 0 Å². The molecule has 7 nitrogen and oxygen atoms in total. The molecule has 0 aliphatic carbocycles. The topological polar surface area (TPSA) is 94.4 Å². The Morgan fingerprint density at radius 3 is 2.67 bits per heavy atom.